The molecule has 1 saturated heterocycles. The predicted molar refractivity (Wildman–Crippen MR) is 144 cm³/mol. The second kappa shape index (κ2) is 9.75. The molecule has 1 amide bonds. The molecule has 1 aliphatic rings. The van der Waals surface area contributed by atoms with E-state index >= 15 is 0 Å². The first-order chi connectivity index (χ1) is 17.3. The zero-order valence-corrected chi connectivity index (χ0v) is 21.6. The first kappa shape index (κ1) is 24.0. The van der Waals surface area contributed by atoms with Crippen LogP contribution in [0.15, 0.2) is 75.1 Å². The number of fused-ring (bicyclic) bond motifs is 1. The van der Waals surface area contributed by atoms with Crippen LogP contribution in [-0.2, 0) is 11.3 Å². The minimum Gasteiger partial charge on any atom is -0.467 e. The highest BCUT2D eigenvalue weighted by atomic mass is 32.2. The van der Waals surface area contributed by atoms with Crippen LogP contribution in [-0.4, -0.2) is 24.5 Å². The molecule has 182 valence electrons. The van der Waals surface area contributed by atoms with Crippen LogP contribution in [0.1, 0.15) is 42.2 Å². The highest BCUT2D eigenvalue weighted by Gasteiger charge is 2.33. The van der Waals surface area contributed by atoms with Crippen molar-refractivity contribution in [3.05, 3.63) is 98.7 Å². The number of nitrogens with zero attached hydrogens (tertiary/aromatic N) is 3. The quantitative estimate of drug-likeness (QED) is 0.232. The molecule has 4 heterocycles. The molecule has 1 fully saturated rings. The SMILES string of the molecule is Cc1ccc(C(C)C)c(Oc2nc3ccccn3c(=O)c2/C=C2/SC(=S)N(Cc3ccco3)C2=O)c1. The van der Waals surface area contributed by atoms with E-state index in [1.54, 1.807) is 42.8 Å². The van der Waals surface area contributed by atoms with Crippen LogP contribution in [0.2, 0.25) is 0 Å². The molecule has 0 unspecified atom stereocenters. The van der Waals surface area contributed by atoms with Crippen LogP contribution in [0.5, 0.6) is 11.6 Å². The summed E-state index contributed by atoms with van der Waals surface area (Å²) in [6, 6.07) is 14.8. The standard InChI is InChI=1S/C27H23N3O4S2/c1-16(2)19-10-9-17(3)13-21(19)34-24-20(25(31)29-11-5-4-8-23(29)28-24)14-22-26(32)30(27(35)36-22)15-18-7-6-12-33-18/h4-14,16H,15H2,1-3H3/b22-14+. The monoisotopic (exact) mass is 517 g/mol. The van der Waals surface area contributed by atoms with Gasteiger partial charge in [0.05, 0.1) is 17.7 Å². The van der Waals surface area contributed by atoms with E-state index in [1.807, 2.05) is 25.1 Å². The van der Waals surface area contributed by atoms with Gasteiger partial charge in [-0.05, 0) is 60.4 Å². The predicted octanol–water partition coefficient (Wildman–Crippen LogP) is 5.91. The van der Waals surface area contributed by atoms with Crippen LogP contribution in [0.4, 0.5) is 0 Å². The van der Waals surface area contributed by atoms with E-state index < -0.39 is 0 Å². The lowest BCUT2D eigenvalue weighted by molar-refractivity contribution is -0.122. The van der Waals surface area contributed by atoms with Gasteiger partial charge in [-0.2, -0.15) is 4.98 Å². The highest BCUT2D eigenvalue weighted by molar-refractivity contribution is 8.26. The molecule has 3 aromatic heterocycles. The average molecular weight is 518 g/mol. The lowest BCUT2D eigenvalue weighted by Crippen LogP contribution is -2.27. The van der Waals surface area contributed by atoms with Gasteiger partial charge in [0.15, 0.2) is 0 Å². The van der Waals surface area contributed by atoms with Crippen LogP contribution >= 0.6 is 24.0 Å². The molecule has 36 heavy (non-hydrogen) atoms. The Morgan fingerprint density at radius 3 is 2.75 bits per heavy atom. The van der Waals surface area contributed by atoms with Crippen LogP contribution in [0.25, 0.3) is 11.7 Å². The second-order valence-corrected chi connectivity index (χ2v) is 10.4. The minimum atomic E-state index is -0.342. The molecule has 1 aliphatic heterocycles. The van der Waals surface area contributed by atoms with Crippen molar-refractivity contribution in [2.45, 2.75) is 33.2 Å². The first-order valence-electron chi connectivity index (χ1n) is 11.4. The normalized spacial score (nSPS) is 15.0. The molecule has 0 radical (unpaired) electrons. The molecule has 5 rings (SSSR count). The fraction of sp³-hybridized carbons (Fsp3) is 0.185. The molecule has 0 spiro atoms. The largest absolute Gasteiger partial charge is 0.467 e. The summed E-state index contributed by atoms with van der Waals surface area (Å²) in [5, 5.41) is 0. The maximum atomic E-state index is 13.6. The molecule has 0 aliphatic carbocycles. The maximum absolute atomic E-state index is 13.6. The molecule has 0 N–H and O–H groups in total. The van der Waals surface area contributed by atoms with E-state index in [9.17, 15) is 9.59 Å². The second-order valence-electron chi connectivity index (χ2n) is 8.71. The summed E-state index contributed by atoms with van der Waals surface area (Å²) in [5.41, 5.74) is 2.29. The number of ether oxygens (including phenoxy) is 1. The van der Waals surface area contributed by atoms with Crippen molar-refractivity contribution in [2.24, 2.45) is 0 Å². The Labute approximate surface area is 217 Å². The molecule has 1 aromatic carbocycles. The van der Waals surface area contributed by atoms with E-state index in [2.05, 4.69) is 18.8 Å². The lowest BCUT2D eigenvalue weighted by atomic mass is 10.0. The molecule has 4 aromatic rings. The van der Waals surface area contributed by atoms with E-state index in [1.165, 1.54) is 15.4 Å². The third kappa shape index (κ3) is 4.59. The van der Waals surface area contributed by atoms with Crippen LogP contribution in [0, 0.1) is 6.92 Å². The first-order valence-corrected chi connectivity index (χ1v) is 12.6. The van der Waals surface area contributed by atoms with Crippen molar-refractivity contribution < 1.29 is 13.9 Å². The number of carbonyl (C=O) groups excluding carboxylic acids is 1. The summed E-state index contributed by atoms with van der Waals surface area (Å²) >= 11 is 6.58. The molecule has 0 atom stereocenters. The Morgan fingerprint density at radius 1 is 1.17 bits per heavy atom. The fourth-order valence-corrected chi connectivity index (χ4v) is 5.16. The van der Waals surface area contributed by atoms with Gasteiger partial charge in [0.25, 0.3) is 11.5 Å². The highest BCUT2D eigenvalue weighted by Crippen LogP contribution is 2.36. The van der Waals surface area contributed by atoms with E-state index in [4.69, 9.17) is 21.4 Å². The van der Waals surface area contributed by atoms with Crippen molar-refractivity contribution in [2.75, 3.05) is 0 Å². The minimum absolute atomic E-state index is 0.134. The maximum Gasteiger partial charge on any atom is 0.269 e. The number of rotatable bonds is 6. The third-order valence-electron chi connectivity index (χ3n) is 5.77. The smallest absolute Gasteiger partial charge is 0.269 e. The van der Waals surface area contributed by atoms with Crippen molar-refractivity contribution in [3.8, 4) is 11.6 Å². The number of pyridine rings is 1. The Balaban J connectivity index is 1.61. The van der Waals surface area contributed by atoms with Gasteiger partial charge in [-0.25, -0.2) is 0 Å². The number of carbonyl (C=O) groups is 1. The molecule has 7 nitrogen and oxygen atoms in total. The molecule has 0 bridgehead atoms. The topological polar surface area (TPSA) is 77.1 Å². The number of aromatic nitrogens is 2. The van der Waals surface area contributed by atoms with E-state index in [-0.39, 0.29) is 35.4 Å². The van der Waals surface area contributed by atoms with Gasteiger partial charge in [0.1, 0.15) is 27.0 Å². The molecular weight excluding hydrogens is 494 g/mol. The van der Waals surface area contributed by atoms with Crippen molar-refractivity contribution in [3.63, 3.8) is 0 Å². The Hall–Kier alpha value is -3.69. The molecule has 9 heteroatoms. The summed E-state index contributed by atoms with van der Waals surface area (Å²) in [5.74, 6) is 1.27. The number of hydrogen-bond donors (Lipinski definition) is 0. The number of hydrogen-bond acceptors (Lipinski definition) is 7. The Bertz CT molecular complexity index is 1570. The summed E-state index contributed by atoms with van der Waals surface area (Å²) in [7, 11) is 0. The van der Waals surface area contributed by atoms with Crippen LogP contribution in [0.3, 0.4) is 0 Å². The summed E-state index contributed by atoms with van der Waals surface area (Å²) in [6.07, 6.45) is 4.71. The summed E-state index contributed by atoms with van der Waals surface area (Å²) in [4.78, 5) is 33.2. The number of benzene rings is 1. The van der Waals surface area contributed by atoms with E-state index in [0.29, 0.717) is 26.4 Å². The number of amides is 1. The van der Waals surface area contributed by atoms with Gasteiger partial charge < -0.3 is 9.15 Å². The van der Waals surface area contributed by atoms with Crippen LogP contribution < -0.4 is 10.3 Å². The third-order valence-corrected chi connectivity index (χ3v) is 7.15. The van der Waals surface area contributed by atoms with E-state index in [0.717, 1.165) is 22.9 Å². The van der Waals surface area contributed by atoms with Crippen molar-refractivity contribution >= 4 is 45.9 Å². The fourth-order valence-electron chi connectivity index (χ4n) is 3.92. The van der Waals surface area contributed by atoms with Crippen molar-refractivity contribution in [1.82, 2.24) is 14.3 Å². The zero-order valence-electron chi connectivity index (χ0n) is 19.9. The van der Waals surface area contributed by atoms with Gasteiger partial charge >= 0.3 is 0 Å². The van der Waals surface area contributed by atoms with Crippen molar-refractivity contribution in [1.29, 1.82) is 0 Å². The zero-order chi connectivity index (χ0) is 25.4. The van der Waals surface area contributed by atoms with Gasteiger partial charge in [0.2, 0.25) is 5.88 Å². The number of thioether (sulfide) groups is 1. The summed E-state index contributed by atoms with van der Waals surface area (Å²) < 4.78 is 13.5. The summed E-state index contributed by atoms with van der Waals surface area (Å²) in [6.45, 7) is 6.34. The van der Waals surface area contributed by atoms with Gasteiger partial charge in [-0.3, -0.25) is 18.9 Å². The van der Waals surface area contributed by atoms with Gasteiger partial charge in [-0.15, -0.1) is 0 Å². The molecule has 0 saturated carbocycles. The Kier molecular flexibility index (Phi) is 6.51. The average Bonchev–Trinajstić information content (AvgIpc) is 3.45. The lowest BCUT2D eigenvalue weighted by Gasteiger charge is -2.16. The molecular formula is C27H23N3O4S2. The number of furan rings is 1. The number of aryl methyl sites for hydroxylation is 1. The van der Waals surface area contributed by atoms with Gasteiger partial charge in [0, 0.05) is 6.20 Å². The number of thiocarbonyl (C=S) groups is 1. The van der Waals surface area contributed by atoms with Gasteiger partial charge in [-0.1, -0.05) is 56.0 Å². The Morgan fingerprint density at radius 2 is 2.00 bits per heavy atom.